The largest absolute Gasteiger partial charge is 0.394 e. The molecule has 1 unspecified atom stereocenters. The molecule has 0 spiro atoms. The normalized spacial score (nSPS) is 31.6. The standard InChI is InChI=1S/C14H27NO2/c1-13(2)9-6-12(17-13)10-15-14(11-16)7-4-3-5-8-14/h12,15-16H,3-11H2,1-2H3. The van der Waals surface area contributed by atoms with Crippen LogP contribution >= 0.6 is 0 Å². The van der Waals surface area contributed by atoms with Crippen LogP contribution in [-0.4, -0.2) is 35.5 Å². The van der Waals surface area contributed by atoms with Gasteiger partial charge < -0.3 is 15.2 Å². The molecule has 0 bridgehead atoms. The summed E-state index contributed by atoms with van der Waals surface area (Å²) in [6.07, 6.45) is 8.63. The van der Waals surface area contributed by atoms with Crippen LogP contribution < -0.4 is 5.32 Å². The molecule has 0 radical (unpaired) electrons. The summed E-state index contributed by atoms with van der Waals surface area (Å²) in [5.74, 6) is 0. The molecule has 2 aliphatic rings. The first-order chi connectivity index (χ1) is 8.05. The van der Waals surface area contributed by atoms with Crippen molar-refractivity contribution in [2.45, 2.75) is 76.0 Å². The molecule has 3 nitrogen and oxygen atoms in total. The fourth-order valence-electron chi connectivity index (χ4n) is 3.17. The Balaban J connectivity index is 1.80. The van der Waals surface area contributed by atoms with Gasteiger partial charge in [0.25, 0.3) is 0 Å². The number of aliphatic hydroxyl groups excluding tert-OH is 1. The van der Waals surface area contributed by atoms with Crippen molar-refractivity contribution < 1.29 is 9.84 Å². The first-order valence-electron chi connectivity index (χ1n) is 7.09. The molecule has 2 rings (SSSR count). The van der Waals surface area contributed by atoms with Gasteiger partial charge in [-0.05, 0) is 39.5 Å². The van der Waals surface area contributed by atoms with E-state index in [0.29, 0.717) is 6.10 Å². The maximum Gasteiger partial charge on any atom is 0.0708 e. The Morgan fingerprint density at radius 1 is 1.18 bits per heavy atom. The van der Waals surface area contributed by atoms with Crippen molar-refractivity contribution in [3.05, 3.63) is 0 Å². The number of hydrogen-bond acceptors (Lipinski definition) is 3. The highest BCUT2D eigenvalue weighted by Crippen LogP contribution is 2.31. The van der Waals surface area contributed by atoms with Gasteiger partial charge in [-0.3, -0.25) is 0 Å². The van der Waals surface area contributed by atoms with E-state index in [9.17, 15) is 5.11 Å². The predicted molar refractivity (Wildman–Crippen MR) is 69.1 cm³/mol. The van der Waals surface area contributed by atoms with Crippen molar-refractivity contribution in [2.75, 3.05) is 13.2 Å². The molecule has 0 amide bonds. The zero-order chi connectivity index (χ0) is 12.4. The van der Waals surface area contributed by atoms with E-state index in [1.165, 1.54) is 19.3 Å². The van der Waals surface area contributed by atoms with Crippen molar-refractivity contribution in [3.8, 4) is 0 Å². The number of nitrogens with one attached hydrogen (secondary N) is 1. The number of hydrogen-bond donors (Lipinski definition) is 2. The molecule has 1 saturated heterocycles. The number of rotatable bonds is 4. The topological polar surface area (TPSA) is 41.5 Å². The fourth-order valence-corrected chi connectivity index (χ4v) is 3.17. The number of ether oxygens (including phenoxy) is 1. The molecular weight excluding hydrogens is 214 g/mol. The third-order valence-electron chi connectivity index (χ3n) is 4.37. The van der Waals surface area contributed by atoms with Gasteiger partial charge in [0.2, 0.25) is 0 Å². The van der Waals surface area contributed by atoms with Crippen molar-refractivity contribution in [1.82, 2.24) is 5.32 Å². The zero-order valence-corrected chi connectivity index (χ0v) is 11.3. The third kappa shape index (κ3) is 3.43. The van der Waals surface area contributed by atoms with Crippen LogP contribution in [0.15, 0.2) is 0 Å². The summed E-state index contributed by atoms with van der Waals surface area (Å²) in [5.41, 5.74) is 0.0274. The second-order valence-electron chi connectivity index (χ2n) is 6.42. The lowest BCUT2D eigenvalue weighted by atomic mass is 9.82. The van der Waals surface area contributed by atoms with Crippen molar-refractivity contribution in [3.63, 3.8) is 0 Å². The van der Waals surface area contributed by atoms with Gasteiger partial charge in [-0.25, -0.2) is 0 Å². The molecule has 3 heteroatoms. The molecule has 1 aliphatic heterocycles. The minimum absolute atomic E-state index is 0.0195. The quantitative estimate of drug-likeness (QED) is 0.793. The van der Waals surface area contributed by atoms with E-state index in [1.54, 1.807) is 0 Å². The fraction of sp³-hybridized carbons (Fsp3) is 1.00. The Hall–Kier alpha value is -0.120. The van der Waals surface area contributed by atoms with Gasteiger partial charge in [-0.2, -0.15) is 0 Å². The Morgan fingerprint density at radius 3 is 2.41 bits per heavy atom. The van der Waals surface area contributed by atoms with Crippen LogP contribution in [0.4, 0.5) is 0 Å². The highest BCUT2D eigenvalue weighted by atomic mass is 16.5. The van der Waals surface area contributed by atoms with Crippen LogP contribution in [0.25, 0.3) is 0 Å². The summed E-state index contributed by atoms with van der Waals surface area (Å²) in [7, 11) is 0. The van der Waals surface area contributed by atoms with E-state index in [2.05, 4.69) is 19.2 Å². The summed E-state index contributed by atoms with van der Waals surface area (Å²) in [5, 5.41) is 13.2. The van der Waals surface area contributed by atoms with Gasteiger partial charge in [0.15, 0.2) is 0 Å². The molecular formula is C14H27NO2. The third-order valence-corrected chi connectivity index (χ3v) is 4.37. The van der Waals surface area contributed by atoms with Crippen molar-refractivity contribution in [1.29, 1.82) is 0 Å². The molecule has 0 aromatic carbocycles. The first kappa shape index (κ1) is 13.3. The van der Waals surface area contributed by atoms with E-state index in [1.807, 2.05) is 0 Å². The second kappa shape index (κ2) is 5.25. The summed E-state index contributed by atoms with van der Waals surface area (Å²) < 4.78 is 5.99. The molecule has 1 aliphatic carbocycles. The summed E-state index contributed by atoms with van der Waals surface area (Å²) in [6, 6.07) is 0. The van der Waals surface area contributed by atoms with Crippen LogP contribution in [0.5, 0.6) is 0 Å². The lowest BCUT2D eigenvalue weighted by Crippen LogP contribution is -2.52. The minimum Gasteiger partial charge on any atom is -0.394 e. The molecule has 2 N–H and O–H groups in total. The Bertz CT molecular complexity index is 247. The molecule has 1 saturated carbocycles. The average Bonchev–Trinajstić information content (AvgIpc) is 2.68. The van der Waals surface area contributed by atoms with Gasteiger partial charge in [0.05, 0.1) is 18.3 Å². The molecule has 0 aromatic heterocycles. The molecule has 100 valence electrons. The monoisotopic (exact) mass is 241 g/mol. The van der Waals surface area contributed by atoms with E-state index in [4.69, 9.17) is 4.74 Å². The van der Waals surface area contributed by atoms with E-state index in [-0.39, 0.29) is 17.7 Å². The highest BCUT2D eigenvalue weighted by Gasteiger charge is 2.35. The first-order valence-corrected chi connectivity index (χ1v) is 7.09. The average molecular weight is 241 g/mol. The van der Waals surface area contributed by atoms with Crippen molar-refractivity contribution in [2.24, 2.45) is 0 Å². The van der Waals surface area contributed by atoms with Crippen LogP contribution in [0, 0.1) is 0 Å². The Morgan fingerprint density at radius 2 is 1.88 bits per heavy atom. The van der Waals surface area contributed by atoms with Crippen LogP contribution in [0.2, 0.25) is 0 Å². The number of aliphatic hydroxyl groups is 1. The Labute approximate surface area is 105 Å². The summed E-state index contributed by atoms with van der Waals surface area (Å²) in [6.45, 7) is 5.48. The second-order valence-corrected chi connectivity index (χ2v) is 6.42. The van der Waals surface area contributed by atoms with E-state index < -0.39 is 0 Å². The van der Waals surface area contributed by atoms with Crippen LogP contribution in [0.1, 0.15) is 58.8 Å². The summed E-state index contributed by atoms with van der Waals surface area (Å²) in [4.78, 5) is 0. The molecule has 17 heavy (non-hydrogen) atoms. The van der Waals surface area contributed by atoms with E-state index >= 15 is 0 Å². The van der Waals surface area contributed by atoms with Gasteiger partial charge in [-0.1, -0.05) is 19.3 Å². The van der Waals surface area contributed by atoms with E-state index in [0.717, 1.165) is 32.2 Å². The maximum atomic E-state index is 9.61. The van der Waals surface area contributed by atoms with Crippen LogP contribution in [-0.2, 0) is 4.74 Å². The lowest BCUT2D eigenvalue weighted by Gasteiger charge is -2.37. The molecule has 2 fully saturated rings. The van der Waals surface area contributed by atoms with Gasteiger partial charge in [0.1, 0.15) is 0 Å². The summed E-state index contributed by atoms with van der Waals surface area (Å²) >= 11 is 0. The predicted octanol–water partition coefficient (Wildman–Crippen LogP) is 2.23. The SMILES string of the molecule is CC1(C)CCC(CNC2(CO)CCCCC2)O1. The zero-order valence-electron chi connectivity index (χ0n) is 11.3. The smallest absolute Gasteiger partial charge is 0.0708 e. The highest BCUT2D eigenvalue weighted by molar-refractivity contribution is 4.92. The van der Waals surface area contributed by atoms with Gasteiger partial charge in [-0.15, -0.1) is 0 Å². The minimum atomic E-state index is -0.0195. The van der Waals surface area contributed by atoms with Gasteiger partial charge in [0, 0.05) is 12.1 Å². The van der Waals surface area contributed by atoms with Crippen LogP contribution in [0.3, 0.4) is 0 Å². The lowest BCUT2D eigenvalue weighted by molar-refractivity contribution is -0.0203. The van der Waals surface area contributed by atoms with Gasteiger partial charge >= 0.3 is 0 Å². The molecule has 0 aromatic rings. The Kier molecular flexibility index (Phi) is 4.11. The molecule has 1 heterocycles. The van der Waals surface area contributed by atoms with Crippen molar-refractivity contribution >= 4 is 0 Å². The maximum absolute atomic E-state index is 9.61. The molecule has 1 atom stereocenters.